The average molecular weight is 160 g/mol. The predicted octanol–water partition coefficient (Wildman–Crippen LogP) is 2.14. The van der Waals surface area contributed by atoms with Crippen LogP contribution in [0, 0.1) is 0 Å². The summed E-state index contributed by atoms with van der Waals surface area (Å²) in [5.74, 6) is 0. The van der Waals surface area contributed by atoms with Crippen molar-refractivity contribution in [2.75, 3.05) is 0 Å². The molecule has 0 atom stereocenters. The molecule has 2 aromatic rings. The maximum Gasteiger partial charge on any atom is 0.0687 e. The van der Waals surface area contributed by atoms with Crippen molar-refractivity contribution in [3.05, 3.63) is 36.5 Å². The van der Waals surface area contributed by atoms with E-state index in [1.165, 1.54) is 0 Å². The molecule has 11 heavy (non-hydrogen) atoms. The predicted molar refractivity (Wildman–Crippen MR) is 47.4 cm³/mol. The molecule has 0 N–H and O–H groups in total. The Morgan fingerprint density at radius 1 is 1.18 bits per heavy atom. The van der Waals surface area contributed by atoms with Crippen LogP contribution in [0.2, 0.25) is 0 Å². The zero-order valence-corrected chi connectivity index (χ0v) is 6.64. The van der Waals surface area contributed by atoms with Crippen LogP contribution in [0.4, 0.5) is 0 Å². The van der Waals surface area contributed by atoms with Crippen LogP contribution in [0.5, 0.6) is 0 Å². The fraction of sp³-hybridized carbons (Fsp3) is 0. The van der Waals surface area contributed by atoms with E-state index < -0.39 is 0 Å². The molecule has 2 rings (SSSR count). The van der Waals surface area contributed by atoms with Gasteiger partial charge in [0.05, 0.1) is 5.52 Å². The highest BCUT2D eigenvalue weighted by atomic mass is 32.1. The van der Waals surface area contributed by atoms with Crippen molar-refractivity contribution in [3.63, 3.8) is 0 Å². The third-order valence-corrected chi connectivity index (χ3v) is 1.83. The first-order chi connectivity index (χ1) is 5.36. The summed E-state index contributed by atoms with van der Waals surface area (Å²) in [5, 5.41) is 1.14. The third-order valence-electron chi connectivity index (χ3n) is 1.58. The average Bonchev–Trinajstić information content (AvgIpc) is 2.04. The molecule has 0 aliphatic heterocycles. The number of fused-ring (bicyclic) bond motifs is 1. The van der Waals surface area contributed by atoms with Gasteiger partial charge in [-0.3, -0.25) is 4.98 Å². The fourth-order valence-corrected chi connectivity index (χ4v) is 1.23. The van der Waals surface area contributed by atoms with Gasteiger partial charge < -0.3 is 12.6 Å². The molecule has 1 aromatic heterocycles. The fourth-order valence-electron chi connectivity index (χ4n) is 1.05. The molecule has 0 aliphatic carbocycles. The first-order valence-corrected chi connectivity index (χ1v) is 3.79. The highest BCUT2D eigenvalue weighted by Crippen LogP contribution is 2.11. The molecule has 0 bridgehead atoms. The molecule has 0 saturated carbocycles. The summed E-state index contributed by atoms with van der Waals surface area (Å²) in [5.41, 5.74) is 0.972. The van der Waals surface area contributed by atoms with Crippen molar-refractivity contribution in [3.8, 4) is 0 Å². The molecular formula is C9H6NS-. The van der Waals surface area contributed by atoms with E-state index in [1.807, 2.05) is 30.3 Å². The van der Waals surface area contributed by atoms with E-state index in [0.717, 1.165) is 15.8 Å². The second-order valence-electron chi connectivity index (χ2n) is 2.36. The Morgan fingerprint density at radius 3 is 3.00 bits per heavy atom. The molecule has 0 aliphatic rings. The van der Waals surface area contributed by atoms with Gasteiger partial charge in [-0.2, -0.15) is 4.90 Å². The Balaban J connectivity index is 2.83. The van der Waals surface area contributed by atoms with Crippen LogP contribution in [-0.4, -0.2) is 4.98 Å². The smallest absolute Gasteiger partial charge is 0.0687 e. The zero-order valence-electron chi connectivity index (χ0n) is 5.82. The van der Waals surface area contributed by atoms with Crippen molar-refractivity contribution in [1.29, 1.82) is 0 Å². The summed E-state index contributed by atoms with van der Waals surface area (Å²) < 4.78 is 0. The number of rotatable bonds is 0. The van der Waals surface area contributed by atoms with Gasteiger partial charge in [-0.15, -0.1) is 0 Å². The molecule has 2 heteroatoms. The largest absolute Gasteiger partial charge is 0.780 e. The summed E-state index contributed by atoms with van der Waals surface area (Å²) in [6, 6.07) is 9.76. The van der Waals surface area contributed by atoms with Crippen LogP contribution in [0.3, 0.4) is 0 Å². The van der Waals surface area contributed by atoms with Gasteiger partial charge in [-0.25, -0.2) is 0 Å². The molecule has 0 radical (unpaired) electrons. The lowest BCUT2D eigenvalue weighted by Gasteiger charge is -2.04. The van der Waals surface area contributed by atoms with Gasteiger partial charge in [-0.1, -0.05) is 24.3 Å². The van der Waals surface area contributed by atoms with Gasteiger partial charge in [0.2, 0.25) is 0 Å². The molecular weight excluding hydrogens is 154 g/mol. The molecule has 1 nitrogen and oxygen atoms in total. The normalized spacial score (nSPS) is 10.2. The van der Waals surface area contributed by atoms with Crippen molar-refractivity contribution >= 4 is 23.5 Å². The van der Waals surface area contributed by atoms with Gasteiger partial charge in [0.15, 0.2) is 0 Å². The molecule has 0 amide bonds. The third kappa shape index (κ3) is 1.17. The van der Waals surface area contributed by atoms with Crippen molar-refractivity contribution in [1.82, 2.24) is 4.98 Å². The number of nitrogens with zero attached hydrogens (tertiary/aromatic N) is 1. The number of benzene rings is 1. The molecule has 0 unspecified atom stereocenters. The van der Waals surface area contributed by atoms with Gasteiger partial charge >= 0.3 is 0 Å². The van der Waals surface area contributed by atoms with E-state index in [9.17, 15) is 0 Å². The molecule has 0 fully saturated rings. The Morgan fingerprint density at radius 2 is 2.09 bits per heavy atom. The second kappa shape index (κ2) is 2.47. The van der Waals surface area contributed by atoms with Crippen molar-refractivity contribution < 1.29 is 0 Å². The van der Waals surface area contributed by atoms with Crippen LogP contribution in [0.25, 0.3) is 10.9 Å². The van der Waals surface area contributed by atoms with Gasteiger partial charge in [0.1, 0.15) is 0 Å². The first-order valence-electron chi connectivity index (χ1n) is 3.38. The van der Waals surface area contributed by atoms with E-state index in [4.69, 9.17) is 12.6 Å². The van der Waals surface area contributed by atoms with Crippen LogP contribution in [0.1, 0.15) is 0 Å². The monoisotopic (exact) mass is 160 g/mol. The Hall–Kier alpha value is -1.15. The Bertz CT molecular complexity index is 384. The molecule has 1 heterocycles. The SMILES string of the molecule is [S-]c1ccc2cccnc2c1. The van der Waals surface area contributed by atoms with Crippen LogP contribution in [-0.2, 0) is 12.6 Å². The first kappa shape index (κ1) is 6.55. The minimum absolute atomic E-state index is 0.844. The standard InChI is InChI=1S/C9H7NS/c11-8-4-3-7-2-1-5-10-9(7)6-8/h1-6,11H/p-1. The number of hydrogen-bond acceptors (Lipinski definition) is 2. The summed E-state index contributed by atoms with van der Waals surface area (Å²) in [7, 11) is 0. The summed E-state index contributed by atoms with van der Waals surface area (Å²) in [6.45, 7) is 0. The summed E-state index contributed by atoms with van der Waals surface area (Å²) in [4.78, 5) is 5.02. The lowest BCUT2D eigenvalue weighted by molar-refractivity contribution is 1.38. The van der Waals surface area contributed by atoms with Crippen molar-refractivity contribution in [2.45, 2.75) is 4.90 Å². The molecule has 0 saturated heterocycles. The number of pyridine rings is 1. The minimum atomic E-state index is 0.844. The lowest BCUT2D eigenvalue weighted by atomic mass is 10.2. The summed E-state index contributed by atoms with van der Waals surface area (Å²) in [6.07, 6.45) is 1.77. The molecule has 1 aromatic carbocycles. The highest BCUT2D eigenvalue weighted by Gasteiger charge is 1.87. The minimum Gasteiger partial charge on any atom is -0.780 e. The van der Waals surface area contributed by atoms with Gasteiger partial charge in [0, 0.05) is 11.6 Å². The summed E-state index contributed by atoms with van der Waals surface area (Å²) >= 11 is 5.00. The zero-order chi connectivity index (χ0) is 7.68. The molecule has 54 valence electrons. The van der Waals surface area contributed by atoms with E-state index in [0.29, 0.717) is 0 Å². The van der Waals surface area contributed by atoms with Gasteiger partial charge in [0.25, 0.3) is 0 Å². The Labute approximate surface area is 70.5 Å². The van der Waals surface area contributed by atoms with E-state index >= 15 is 0 Å². The van der Waals surface area contributed by atoms with Crippen molar-refractivity contribution in [2.24, 2.45) is 0 Å². The lowest BCUT2D eigenvalue weighted by Crippen LogP contribution is -1.77. The van der Waals surface area contributed by atoms with E-state index in [-0.39, 0.29) is 0 Å². The number of aromatic nitrogens is 1. The van der Waals surface area contributed by atoms with Crippen LogP contribution >= 0.6 is 0 Å². The van der Waals surface area contributed by atoms with E-state index in [1.54, 1.807) is 6.20 Å². The quantitative estimate of drug-likeness (QED) is 0.548. The Kier molecular flexibility index (Phi) is 1.47. The number of hydrogen-bond donors (Lipinski definition) is 0. The maximum absolute atomic E-state index is 5.00. The second-order valence-corrected chi connectivity index (χ2v) is 2.83. The van der Waals surface area contributed by atoms with Crippen LogP contribution in [0.15, 0.2) is 41.4 Å². The van der Waals surface area contributed by atoms with Gasteiger partial charge in [-0.05, 0) is 6.07 Å². The van der Waals surface area contributed by atoms with Crippen LogP contribution < -0.4 is 0 Å². The van der Waals surface area contributed by atoms with E-state index in [2.05, 4.69) is 4.98 Å². The molecule has 0 spiro atoms. The maximum atomic E-state index is 5.00. The highest BCUT2D eigenvalue weighted by molar-refractivity contribution is 7.58. The topological polar surface area (TPSA) is 12.9 Å².